The Kier molecular flexibility index (Phi) is 4.14. The molecule has 0 aromatic carbocycles. The number of hydrogen-bond donors (Lipinski definition) is 2. The van der Waals surface area contributed by atoms with Gasteiger partial charge in [-0.1, -0.05) is 24.9 Å². The highest BCUT2D eigenvalue weighted by molar-refractivity contribution is 6.29. The number of aromatic nitrogens is 2. The zero-order valence-electron chi connectivity index (χ0n) is 10.4. The summed E-state index contributed by atoms with van der Waals surface area (Å²) < 4.78 is 0. The molecule has 5 nitrogen and oxygen atoms in total. The maximum Gasteiger partial charge on any atom is 0.233 e. The van der Waals surface area contributed by atoms with Crippen LogP contribution >= 0.6 is 11.6 Å². The lowest BCUT2D eigenvalue weighted by atomic mass is 9.81. The number of hydrogen-bond acceptors (Lipinski definition) is 4. The molecular weight excluding hydrogens is 252 g/mol. The molecule has 1 fully saturated rings. The van der Waals surface area contributed by atoms with Crippen molar-refractivity contribution in [3.05, 3.63) is 17.3 Å². The van der Waals surface area contributed by atoms with Crippen LogP contribution in [0.2, 0.25) is 5.15 Å². The van der Waals surface area contributed by atoms with Gasteiger partial charge in [0.15, 0.2) is 11.0 Å². The Morgan fingerprint density at radius 2 is 2.39 bits per heavy atom. The van der Waals surface area contributed by atoms with Gasteiger partial charge in [0.2, 0.25) is 5.91 Å². The average molecular weight is 269 g/mol. The lowest BCUT2D eigenvalue weighted by Crippen LogP contribution is -2.38. The Balaban J connectivity index is 2.07. The van der Waals surface area contributed by atoms with Crippen LogP contribution in [0.4, 0.5) is 5.82 Å². The van der Waals surface area contributed by atoms with Gasteiger partial charge in [-0.05, 0) is 31.5 Å². The fourth-order valence-electron chi connectivity index (χ4n) is 2.37. The van der Waals surface area contributed by atoms with Gasteiger partial charge in [-0.2, -0.15) is 0 Å². The van der Waals surface area contributed by atoms with Gasteiger partial charge < -0.3 is 10.6 Å². The van der Waals surface area contributed by atoms with Crippen molar-refractivity contribution in [1.82, 2.24) is 15.5 Å². The van der Waals surface area contributed by atoms with Gasteiger partial charge in [-0.3, -0.25) is 4.79 Å². The molecule has 0 aliphatic carbocycles. The van der Waals surface area contributed by atoms with E-state index in [0.29, 0.717) is 11.0 Å². The van der Waals surface area contributed by atoms with Gasteiger partial charge in [0, 0.05) is 6.54 Å². The average Bonchev–Trinajstić information content (AvgIpc) is 2.82. The Morgan fingerprint density at radius 3 is 2.94 bits per heavy atom. The van der Waals surface area contributed by atoms with E-state index in [2.05, 4.69) is 27.8 Å². The van der Waals surface area contributed by atoms with E-state index >= 15 is 0 Å². The highest BCUT2D eigenvalue weighted by Crippen LogP contribution is 2.32. The van der Waals surface area contributed by atoms with E-state index in [4.69, 9.17) is 11.6 Å². The second-order valence-electron chi connectivity index (χ2n) is 4.65. The van der Waals surface area contributed by atoms with Gasteiger partial charge in [-0.25, -0.2) is 0 Å². The van der Waals surface area contributed by atoms with Gasteiger partial charge in [0.1, 0.15) is 0 Å². The van der Waals surface area contributed by atoms with E-state index in [1.807, 2.05) is 0 Å². The van der Waals surface area contributed by atoms with Crippen molar-refractivity contribution in [2.75, 3.05) is 18.4 Å². The first-order valence-corrected chi connectivity index (χ1v) is 6.55. The van der Waals surface area contributed by atoms with Crippen LogP contribution in [0.1, 0.15) is 26.2 Å². The lowest BCUT2D eigenvalue weighted by Gasteiger charge is -2.25. The van der Waals surface area contributed by atoms with Crippen molar-refractivity contribution >= 4 is 23.3 Å². The van der Waals surface area contributed by atoms with Crippen LogP contribution in [0.15, 0.2) is 12.1 Å². The summed E-state index contributed by atoms with van der Waals surface area (Å²) in [6.07, 6.45) is 2.74. The van der Waals surface area contributed by atoms with Crippen molar-refractivity contribution in [3.63, 3.8) is 0 Å². The normalized spacial score (nSPS) is 23.0. The number of halogens is 1. The van der Waals surface area contributed by atoms with Gasteiger partial charge in [-0.15, -0.1) is 10.2 Å². The van der Waals surface area contributed by atoms with Crippen LogP contribution in [-0.4, -0.2) is 29.2 Å². The minimum atomic E-state index is -0.309. The quantitative estimate of drug-likeness (QED) is 0.875. The lowest BCUT2D eigenvalue weighted by molar-refractivity contribution is -0.125. The van der Waals surface area contributed by atoms with Crippen molar-refractivity contribution in [3.8, 4) is 0 Å². The Morgan fingerprint density at radius 1 is 1.56 bits per heavy atom. The predicted octanol–water partition coefficient (Wildman–Crippen LogP) is 1.85. The van der Waals surface area contributed by atoms with Crippen LogP contribution in [0.5, 0.6) is 0 Å². The van der Waals surface area contributed by atoms with Crippen LogP contribution in [0.3, 0.4) is 0 Å². The van der Waals surface area contributed by atoms with E-state index in [1.54, 1.807) is 12.1 Å². The molecule has 1 atom stereocenters. The third-order valence-electron chi connectivity index (χ3n) is 3.33. The maximum absolute atomic E-state index is 12.4. The fraction of sp³-hybridized carbons (Fsp3) is 0.583. The zero-order chi connectivity index (χ0) is 13.0. The molecule has 0 bridgehead atoms. The number of anilines is 1. The molecule has 0 spiro atoms. The van der Waals surface area contributed by atoms with E-state index in [1.165, 1.54) is 0 Å². The highest BCUT2D eigenvalue weighted by Gasteiger charge is 2.40. The molecule has 2 rings (SSSR count). The molecule has 98 valence electrons. The maximum atomic E-state index is 12.4. The number of carbonyl (C=O) groups excluding carboxylic acids is 1. The van der Waals surface area contributed by atoms with Crippen LogP contribution in [0, 0.1) is 5.41 Å². The van der Waals surface area contributed by atoms with Crippen LogP contribution in [-0.2, 0) is 4.79 Å². The second kappa shape index (κ2) is 5.63. The van der Waals surface area contributed by atoms with Crippen molar-refractivity contribution < 1.29 is 4.79 Å². The van der Waals surface area contributed by atoms with E-state index in [9.17, 15) is 4.79 Å². The Labute approximate surface area is 111 Å². The third kappa shape index (κ3) is 2.79. The summed E-state index contributed by atoms with van der Waals surface area (Å²) in [4.78, 5) is 12.4. The second-order valence-corrected chi connectivity index (χ2v) is 5.04. The predicted molar refractivity (Wildman–Crippen MR) is 70.5 cm³/mol. The third-order valence-corrected chi connectivity index (χ3v) is 3.53. The molecule has 1 aromatic heterocycles. The largest absolute Gasteiger partial charge is 0.316 e. The molecule has 2 N–H and O–H groups in total. The molecular formula is C12H17ClN4O. The number of nitrogens with zero attached hydrogens (tertiary/aromatic N) is 2. The molecule has 1 aromatic rings. The molecule has 0 saturated carbocycles. The molecule has 1 amide bonds. The first-order valence-electron chi connectivity index (χ1n) is 6.18. The molecule has 2 heterocycles. The minimum Gasteiger partial charge on any atom is -0.316 e. The fourth-order valence-corrected chi connectivity index (χ4v) is 2.48. The number of rotatable bonds is 4. The van der Waals surface area contributed by atoms with E-state index in [-0.39, 0.29) is 11.3 Å². The summed E-state index contributed by atoms with van der Waals surface area (Å²) in [7, 11) is 0. The van der Waals surface area contributed by atoms with Crippen molar-refractivity contribution in [2.45, 2.75) is 26.2 Å². The zero-order valence-corrected chi connectivity index (χ0v) is 11.1. The topological polar surface area (TPSA) is 66.9 Å². The Bertz CT molecular complexity index is 415. The molecule has 1 unspecified atom stereocenters. The standard InChI is InChI=1S/C12H17ClN4O/c1-2-5-12(6-7-14-8-12)11(18)15-10-4-3-9(13)16-17-10/h3-4,14H,2,5-8H2,1H3,(H,15,17,18). The van der Waals surface area contributed by atoms with Gasteiger partial charge in [0.25, 0.3) is 0 Å². The molecule has 6 heteroatoms. The first-order chi connectivity index (χ1) is 8.66. The van der Waals surface area contributed by atoms with E-state index in [0.717, 1.165) is 32.4 Å². The number of carbonyl (C=O) groups is 1. The minimum absolute atomic E-state index is 0.0194. The SMILES string of the molecule is CCCC1(C(=O)Nc2ccc(Cl)nn2)CCNC1. The van der Waals surface area contributed by atoms with Crippen LogP contribution in [0.25, 0.3) is 0 Å². The van der Waals surface area contributed by atoms with Crippen LogP contribution < -0.4 is 10.6 Å². The van der Waals surface area contributed by atoms with Crippen molar-refractivity contribution in [2.24, 2.45) is 5.41 Å². The summed E-state index contributed by atoms with van der Waals surface area (Å²) in [6.45, 7) is 3.71. The Hall–Kier alpha value is -1.20. The van der Waals surface area contributed by atoms with Gasteiger partial charge >= 0.3 is 0 Å². The molecule has 18 heavy (non-hydrogen) atoms. The smallest absolute Gasteiger partial charge is 0.233 e. The summed E-state index contributed by atoms with van der Waals surface area (Å²) in [5, 5.41) is 14.0. The number of amides is 1. The van der Waals surface area contributed by atoms with Gasteiger partial charge in [0.05, 0.1) is 5.41 Å². The highest BCUT2D eigenvalue weighted by atomic mass is 35.5. The summed E-state index contributed by atoms with van der Waals surface area (Å²) in [6, 6.07) is 3.28. The molecule has 1 saturated heterocycles. The van der Waals surface area contributed by atoms with E-state index < -0.39 is 0 Å². The monoisotopic (exact) mass is 268 g/mol. The summed E-state index contributed by atoms with van der Waals surface area (Å²) >= 11 is 5.66. The molecule has 1 aliphatic heterocycles. The van der Waals surface area contributed by atoms with Crippen molar-refractivity contribution in [1.29, 1.82) is 0 Å². The first kappa shape index (κ1) is 13.2. The molecule has 0 radical (unpaired) electrons. The summed E-state index contributed by atoms with van der Waals surface area (Å²) in [5.74, 6) is 0.470. The molecule has 1 aliphatic rings. The number of nitrogens with one attached hydrogen (secondary N) is 2. The summed E-state index contributed by atoms with van der Waals surface area (Å²) in [5.41, 5.74) is -0.309.